The van der Waals surface area contributed by atoms with Gasteiger partial charge in [-0.3, -0.25) is 9.69 Å². The van der Waals surface area contributed by atoms with E-state index in [0.29, 0.717) is 31.4 Å². The summed E-state index contributed by atoms with van der Waals surface area (Å²) in [7, 11) is 0. The maximum atomic E-state index is 12.9. The van der Waals surface area contributed by atoms with Gasteiger partial charge in [0.15, 0.2) is 11.5 Å². The van der Waals surface area contributed by atoms with Crippen LogP contribution in [0.4, 0.5) is 0 Å². The second-order valence-electron chi connectivity index (χ2n) is 11.0. The van der Waals surface area contributed by atoms with Crippen LogP contribution in [0.15, 0.2) is 24.5 Å². The van der Waals surface area contributed by atoms with Gasteiger partial charge in [0, 0.05) is 43.4 Å². The maximum Gasteiger partial charge on any atom is 0.220 e. The fourth-order valence-electron chi connectivity index (χ4n) is 7.57. The van der Waals surface area contributed by atoms with Gasteiger partial charge in [0.05, 0.1) is 17.1 Å². The molecule has 3 heterocycles. The van der Waals surface area contributed by atoms with Crippen molar-refractivity contribution in [1.29, 1.82) is 0 Å². The molecule has 1 amide bonds. The Bertz CT molecular complexity index is 1130. The standard InChI is InChI=1S/C26H32N4O4/c31-18-4-3-16-13-19-26(33)8-7-17(29-21(32)6-5-20-27-10-11-28-20)24-25(26,22(16)23(18)34-24)9-12-30(19)14-15-1-2-15/h3-4,10-11,15,17,19,24,31,33H,1-2,5-9,12-14H2,(H,27,28)(H,29,32)/t17-,19+,24-,25-,26+/m0/s1. The number of rotatable bonds is 6. The second-order valence-corrected chi connectivity index (χ2v) is 11.0. The number of nitrogens with one attached hydrogen (secondary N) is 2. The number of hydrogen-bond donors (Lipinski definition) is 4. The average Bonchev–Trinajstić information content (AvgIpc) is 3.33. The number of ether oxygens (including phenoxy) is 1. The highest BCUT2D eigenvalue weighted by atomic mass is 16.5. The Morgan fingerprint density at radius 3 is 2.97 bits per heavy atom. The molecule has 8 heteroatoms. The monoisotopic (exact) mass is 464 g/mol. The molecule has 180 valence electrons. The zero-order chi connectivity index (χ0) is 23.1. The highest BCUT2D eigenvalue weighted by Crippen LogP contribution is 2.65. The number of aliphatic hydroxyl groups is 1. The third-order valence-corrected chi connectivity index (χ3v) is 9.25. The molecule has 1 aromatic carbocycles. The number of benzene rings is 1. The van der Waals surface area contributed by atoms with Crippen molar-refractivity contribution >= 4 is 5.91 Å². The molecule has 3 fully saturated rings. The number of aryl methyl sites for hydroxylation is 1. The Morgan fingerprint density at radius 1 is 1.29 bits per heavy atom. The summed E-state index contributed by atoms with van der Waals surface area (Å²) >= 11 is 0. The minimum Gasteiger partial charge on any atom is -0.504 e. The number of phenols is 1. The predicted octanol–water partition coefficient (Wildman–Crippen LogP) is 1.80. The van der Waals surface area contributed by atoms with Crippen LogP contribution in [0, 0.1) is 5.92 Å². The maximum absolute atomic E-state index is 12.9. The SMILES string of the molecule is O=C(CCc1ncc[nH]1)N[C@H]1CC[C@@]2(O)[C@H]3Cc4ccc(O)c5c4[C@@]2(CCN3CC2CC2)[C@H]1O5. The van der Waals surface area contributed by atoms with Gasteiger partial charge >= 0.3 is 0 Å². The fraction of sp³-hybridized carbons (Fsp3) is 0.615. The van der Waals surface area contributed by atoms with E-state index in [-0.39, 0.29) is 29.8 Å². The number of amides is 1. The Hall–Kier alpha value is -2.58. The molecule has 1 aromatic heterocycles. The number of aromatic hydroxyl groups is 1. The van der Waals surface area contributed by atoms with Gasteiger partial charge in [0.1, 0.15) is 11.9 Å². The van der Waals surface area contributed by atoms with E-state index in [0.717, 1.165) is 43.2 Å². The molecule has 5 aliphatic rings. The highest BCUT2D eigenvalue weighted by molar-refractivity contribution is 5.77. The van der Waals surface area contributed by atoms with Crippen LogP contribution in [0.3, 0.4) is 0 Å². The number of nitrogens with zero attached hydrogens (tertiary/aromatic N) is 2. The number of phenolic OH excluding ortho intramolecular Hbond substituents is 1. The molecule has 2 saturated carbocycles. The number of carbonyl (C=O) groups is 1. The first-order valence-electron chi connectivity index (χ1n) is 12.8. The van der Waals surface area contributed by atoms with Crippen LogP contribution < -0.4 is 10.1 Å². The van der Waals surface area contributed by atoms with Crippen LogP contribution in [-0.2, 0) is 23.1 Å². The molecule has 5 atom stereocenters. The van der Waals surface area contributed by atoms with Crippen LogP contribution in [0.25, 0.3) is 0 Å². The van der Waals surface area contributed by atoms with Crippen LogP contribution in [0.1, 0.15) is 55.5 Å². The molecular weight excluding hydrogens is 432 g/mol. The number of imidazole rings is 1. The first-order valence-corrected chi connectivity index (χ1v) is 12.8. The van der Waals surface area contributed by atoms with Gasteiger partial charge in [-0.25, -0.2) is 4.98 Å². The summed E-state index contributed by atoms with van der Waals surface area (Å²) in [5, 5.41) is 26.4. The van der Waals surface area contributed by atoms with Gasteiger partial charge in [0.25, 0.3) is 0 Å². The molecule has 34 heavy (non-hydrogen) atoms. The van der Waals surface area contributed by atoms with Crippen molar-refractivity contribution < 1.29 is 19.7 Å². The number of aromatic nitrogens is 2. The number of aromatic amines is 1. The first kappa shape index (κ1) is 20.8. The lowest BCUT2D eigenvalue weighted by atomic mass is 9.48. The molecule has 2 aliphatic heterocycles. The summed E-state index contributed by atoms with van der Waals surface area (Å²) in [5.74, 6) is 2.17. The average molecular weight is 465 g/mol. The van der Waals surface area contributed by atoms with E-state index in [4.69, 9.17) is 4.74 Å². The molecule has 0 unspecified atom stereocenters. The number of hydrogen-bond acceptors (Lipinski definition) is 6. The number of carbonyl (C=O) groups excluding carboxylic acids is 1. The summed E-state index contributed by atoms with van der Waals surface area (Å²) < 4.78 is 6.51. The van der Waals surface area contributed by atoms with Crippen LogP contribution in [0.5, 0.6) is 11.5 Å². The van der Waals surface area contributed by atoms with Crippen LogP contribution in [-0.4, -0.2) is 67.9 Å². The third kappa shape index (κ3) is 2.78. The summed E-state index contributed by atoms with van der Waals surface area (Å²) in [6.45, 7) is 1.97. The van der Waals surface area contributed by atoms with E-state index in [1.165, 1.54) is 18.4 Å². The molecule has 2 aromatic rings. The first-order chi connectivity index (χ1) is 16.5. The molecule has 1 spiro atoms. The van der Waals surface area contributed by atoms with E-state index in [9.17, 15) is 15.0 Å². The summed E-state index contributed by atoms with van der Waals surface area (Å²) in [6.07, 6.45) is 9.39. The predicted molar refractivity (Wildman–Crippen MR) is 124 cm³/mol. The topological polar surface area (TPSA) is 111 Å². The lowest BCUT2D eigenvalue weighted by Crippen LogP contribution is -2.78. The molecular formula is C26H32N4O4. The van der Waals surface area contributed by atoms with Gasteiger partial charge < -0.3 is 25.3 Å². The van der Waals surface area contributed by atoms with E-state index in [1.807, 2.05) is 6.07 Å². The molecule has 8 nitrogen and oxygen atoms in total. The van der Waals surface area contributed by atoms with Crippen LogP contribution in [0.2, 0.25) is 0 Å². The number of likely N-dealkylation sites (tertiary alicyclic amines) is 1. The van der Waals surface area contributed by atoms with Gasteiger partial charge in [-0.2, -0.15) is 0 Å². The van der Waals surface area contributed by atoms with Crippen molar-refractivity contribution in [3.05, 3.63) is 41.5 Å². The lowest BCUT2D eigenvalue weighted by Gasteiger charge is -2.64. The minimum atomic E-state index is -0.924. The van der Waals surface area contributed by atoms with E-state index < -0.39 is 11.0 Å². The quantitative estimate of drug-likeness (QED) is 0.519. The third-order valence-electron chi connectivity index (χ3n) is 9.25. The fourth-order valence-corrected chi connectivity index (χ4v) is 7.57. The summed E-state index contributed by atoms with van der Waals surface area (Å²) in [5.41, 5.74) is 0.648. The van der Waals surface area contributed by atoms with Gasteiger partial charge in [0.2, 0.25) is 5.91 Å². The Balaban J connectivity index is 1.22. The largest absolute Gasteiger partial charge is 0.504 e. The van der Waals surface area contributed by atoms with Crippen LogP contribution >= 0.6 is 0 Å². The highest BCUT2D eigenvalue weighted by Gasteiger charge is 2.73. The van der Waals surface area contributed by atoms with Crippen molar-refractivity contribution in [3.8, 4) is 11.5 Å². The summed E-state index contributed by atoms with van der Waals surface area (Å²) in [6, 6.07) is 3.58. The van der Waals surface area contributed by atoms with Crippen molar-refractivity contribution in [2.24, 2.45) is 5.92 Å². The zero-order valence-corrected chi connectivity index (χ0v) is 19.3. The van der Waals surface area contributed by atoms with Crippen molar-refractivity contribution in [2.45, 2.75) is 80.6 Å². The van der Waals surface area contributed by atoms with Gasteiger partial charge in [-0.1, -0.05) is 6.07 Å². The summed E-state index contributed by atoms with van der Waals surface area (Å²) in [4.78, 5) is 22.7. The number of H-pyrrole nitrogens is 1. The minimum absolute atomic E-state index is 0.0363. The van der Waals surface area contributed by atoms with Gasteiger partial charge in [-0.15, -0.1) is 0 Å². The molecule has 7 rings (SSSR count). The smallest absolute Gasteiger partial charge is 0.220 e. The van der Waals surface area contributed by atoms with Crippen molar-refractivity contribution in [1.82, 2.24) is 20.2 Å². The molecule has 1 saturated heterocycles. The normalized spacial score (nSPS) is 35.5. The van der Waals surface area contributed by atoms with Crippen molar-refractivity contribution in [2.75, 3.05) is 13.1 Å². The zero-order valence-electron chi connectivity index (χ0n) is 19.3. The molecule has 4 N–H and O–H groups in total. The van der Waals surface area contributed by atoms with Gasteiger partial charge in [-0.05, 0) is 62.6 Å². The Kier molecular flexibility index (Phi) is 4.40. The Labute approximate surface area is 198 Å². The second kappa shape index (κ2) is 7.21. The van der Waals surface area contributed by atoms with E-state index >= 15 is 0 Å². The molecule has 2 bridgehead atoms. The Morgan fingerprint density at radius 2 is 2.18 bits per heavy atom. The van der Waals surface area contributed by atoms with E-state index in [2.05, 4.69) is 20.2 Å². The number of piperidine rings is 1. The lowest BCUT2D eigenvalue weighted by molar-refractivity contribution is -0.192. The van der Waals surface area contributed by atoms with Crippen molar-refractivity contribution in [3.63, 3.8) is 0 Å². The van der Waals surface area contributed by atoms with E-state index in [1.54, 1.807) is 18.5 Å². The molecule has 0 radical (unpaired) electrons. The molecule has 3 aliphatic carbocycles.